The second-order valence-corrected chi connectivity index (χ2v) is 7.51. The lowest BCUT2D eigenvalue weighted by molar-refractivity contribution is 0.203. The van der Waals surface area contributed by atoms with Gasteiger partial charge in [0.1, 0.15) is 17.6 Å². The normalized spacial score (nSPS) is 18.5. The lowest BCUT2D eigenvalue weighted by atomic mass is 10.1. The van der Waals surface area contributed by atoms with Gasteiger partial charge < -0.3 is 9.84 Å². The predicted molar refractivity (Wildman–Crippen MR) is 80.2 cm³/mol. The van der Waals surface area contributed by atoms with Crippen molar-refractivity contribution in [1.29, 1.82) is 5.26 Å². The fourth-order valence-corrected chi connectivity index (χ4v) is 4.69. The molecule has 1 aliphatic heterocycles. The van der Waals surface area contributed by atoms with Gasteiger partial charge >= 0.3 is 0 Å². The first kappa shape index (κ1) is 15.0. The van der Waals surface area contributed by atoms with Crippen molar-refractivity contribution in [2.45, 2.75) is 11.0 Å². The van der Waals surface area contributed by atoms with Gasteiger partial charge in [-0.25, -0.2) is 8.42 Å². The molecule has 0 spiro atoms. The van der Waals surface area contributed by atoms with E-state index in [9.17, 15) is 13.5 Å². The minimum absolute atomic E-state index is 0.100. The van der Waals surface area contributed by atoms with Crippen LogP contribution < -0.4 is 4.74 Å². The van der Waals surface area contributed by atoms with Gasteiger partial charge in [0.2, 0.25) is 0 Å². The van der Waals surface area contributed by atoms with E-state index >= 15 is 0 Å². The number of aromatic nitrogens is 1. The predicted octanol–water partition coefficient (Wildman–Crippen LogP) is 2.33. The zero-order valence-corrected chi connectivity index (χ0v) is 13.4. The zero-order valence-electron chi connectivity index (χ0n) is 11.0. The smallest absolute Gasteiger partial charge is 0.181 e. The maximum absolute atomic E-state index is 11.9. The fourth-order valence-electron chi connectivity index (χ4n) is 2.26. The van der Waals surface area contributed by atoms with E-state index in [1.165, 1.54) is 30.6 Å². The summed E-state index contributed by atoms with van der Waals surface area (Å²) in [4.78, 5) is 3.98. The van der Waals surface area contributed by atoms with Crippen LogP contribution in [-0.2, 0) is 9.84 Å². The largest absolute Gasteiger partial charge is 0.455 e. The molecule has 6 nitrogen and oxygen atoms in total. The first-order valence-electron chi connectivity index (χ1n) is 6.18. The molecule has 1 atom stereocenters. The number of halogens is 1. The molecule has 0 amide bonds. The van der Waals surface area contributed by atoms with E-state index in [0.717, 1.165) is 0 Å². The number of sulfone groups is 1. The van der Waals surface area contributed by atoms with Gasteiger partial charge in [-0.05, 0) is 28.1 Å². The number of ether oxygens (including phenoxy) is 1. The van der Waals surface area contributed by atoms with Crippen molar-refractivity contribution in [3.8, 4) is 17.6 Å². The van der Waals surface area contributed by atoms with E-state index in [4.69, 9.17) is 10.00 Å². The number of hydrogen-bond acceptors (Lipinski definition) is 6. The fraction of sp³-hybridized carbons (Fsp3) is 0.143. The third kappa shape index (κ3) is 2.47. The molecule has 8 heteroatoms. The van der Waals surface area contributed by atoms with Gasteiger partial charge in [-0.15, -0.1) is 0 Å². The molecule has 1 aromatic carbocycles. The van der Waals surface area contributed by atoms with Gasteiger partial charge in [-0.3, -0.25) is 4.98 Å². The first-order valence-corrected chi connectivity index (χ1v) is 8.63. The lowest BCUT2D eigenvalue weighted by Gasteiger charge is -2.11. The second-order valence-electron chi connectivity index (χ2n) is 4.71. The summed E-state index contributed by atoms with van der Waals surface area (Å²) < 4.78 is 29.8. The Hall–Kier alpha value is -1.95. The highest BCUT2D eigenvalue weighted by atomic mass is 79.9. The Morgan fingerprint density at radius 1 is 1.41 bits per heavy atom. The zero-order chi connectivity index (χ0) is 15.9. The van der Waals surface area contributed by atoms with Crippen molar-refractivity contribution in [2.75, 3.05) is 5.75 Å². The molecule has 1 aromatic heterocycles. The summed E-state index contributed by atoms with van der Waals surface area (Å²) in [5, 5.41) is 18.8. The average molecular weight is 381 g/mol. The molecule has 0 fully saturated rings. The van der Waals surface area contributed by atoms with E-state index in [1.807, 2.05) is 6.07 Å². The van der Waals surface area contributed by atoms with Crippen molar-refractivity contribution in [3.63, 3.8) is 0 Å². The minimum Gasteiger partial charge on any atom is -0.455 e. The van der Waals surface area contributed by atoms with E-state index in [1.54, 1.807) is 0 Å². The van der Waals surface area contributed by atoms with Gasteiger partial charge in [0, 0.05) is 17.8 Å². The highest BCUT2D eigenvalue weighted by Gasteiger charge is 2.36. The summed E-state index contributed by atoms with van der Waals surface area (Å²) in [6.07, 6.45) is 1.75. The monoisotopic (exact) mass is 380 g/mol. The van der Waals surface area contributed by atoms with Crippen LogP contribution >= 0.6 is 15.9 Å². The SMILES string of the molecule is N#Cc1cncc(Oc2ccc3c(c2Br)C(O)CS3(=O)=O)c1. The lowest BCUT2D eigenvalue weighted by Crippen LogP contribution is -2.02. The number of benzene rings is 1. The van der Waals surface area contributed by atoms with E-state index in [2.05, 4.69) is 20.9 Å². The molecule has 0 saturated carbocycles. The molecule has 2 heterocycles. The molecule has 0 saturated heterocycles. The number of hydrogen-bond donors (Lipinski definition) is 1. The third-order valence-electron chi connectivity index (χ3n) is 3.22. The van der Waals surface area contributed by atoms with Gasteiger partial charge in [0.15, 0.2) is 9.84 Å². The van der Waals surface area contributed by atoms with E-state index < -0.39 is 15.9 Å². The molecular formula is C14H9BrN2O4S. The minimum atomic E-state index is -3.47. The first-order chi connectivity index (χ1) is 10.4. The van der Waals surface area contributed by atoms with Crippen LogP contribution in [0.5, 0.6) is 11.5 Å². The molecule has 0 bridgehead atoms. The van der Waals surface area contributed by atoms with Crippen molar-refractivity contribution in [1.82, 2.24) is 4.98 Å². The Bertz CT molecular complexity index is 906. The number of nitrogens with zero attached hydrogens (tertiary/aromatic N) is 2. The van der Waals surface area contributed by atoms with Gasteiger partial charge in [0.05, 0.1) is 33.0 Å². The molecule has 0 radical (unpaired) electrons. The van der Waals surface area contributed by atoms with Crippen LogP contribution in [0.2, 0.25) is 0 Å². The van der Waals surface area contributed by atoms with E-state index in [-0.39, 0.29) is 10.6 Å². The van der Waals surface area contributed by atoms with Crippen molar-refractivity contribution in [3.05, 3.63) is 46.2 Å². The molecule has 2 aromatic rings. The van der Waals surface area contributed by atoms with Crippen molar-refractivity contribution >= 4 is 25.8 Å². The number of nitriles is 1. The standard InChI is InChI=1S/C14H9BrN2O4S/c15-14-11(21-9-3-8(4-16)5-17-6-9)1-2-12-13(14)10(18)7-22(12,19)20/h1-3,5-6,10,18H,7H2. The molecule has 1 aliphatic rings. The molecule has 1 N–H and O–H groups in total. The van der Waals surface area contributed by atoms with Gasteiger partial charge in [0.25, 0.3) is 0 Å². The number of rotatable bonds is 2. The van der Waals surface area contributed by atoms with Crippen LogP contribution in [0.15, 0.2) is 40.0 Å². The molecule has 22 heavy (non-hydrogen) atoms. The number of fused-ring (bicyclic) bond motifs is 1. The maximum Gasteiger partial charge on any atom is 0.181 e. The Morgan fingerprint density at radius 2 is 2.18 bits per heavy atom. The molecule has 1 unspecified atom stereocenters. The summed E-state index contributed by atoms with van der Waals surface area (Å²) in [6, 6.07) is 6.37. The van der Waals surface area contributed by atoms with E-state index in [0.29, 0.717) is 27.1 Å². The highest BCUT2D eigenvalue weighted by molar-refractivity contribution is 9.10. The molecule has 3 rings (SSSR count). The Balaban J connectivity index is 2.04. The van der Waals surface area contributed by atoms with Crippen LogP contribution in [0, 0.1) is 11.3 Å². The molecular weight excluding hydrogens is 372 g/mol. The summed E-state index contributed by atoms with van der Waals surface area (Å²) in [6.45, 7) is 0. The summed E-state index contributed by atoms with van der Waals surface area (Å²) in [5.41, 5.74) is 0.638. The van der Waals surface area contributed by atoms with Crippen molar-refractivity contribution in [2.24, 2.45) is 0 Å². The van der Waals surface area contributed by atoms with Crippen LogP contribution in [0.25, 0.3) is 0 Å². The number of aliphatic hydroxyl groups excluding tert-OH is 1. The van der Waals surface area contributed by atoms with Crippen LogP contribution in [0.3, 0.4) is 0 Å². The molecule has 0 aliphatic carbocycles. The number of pyridine rings is 1. The summed E-state index contributed by atoms with van der Waals surface area (Å²) >= 11 is 3.28. The van der Waals surface area contributed by atoms with Crippen LogP contribution in [-0.4, -0.2) is 24.3 Å². The Kier molecular flexibility index (Phi) is 3.64. The highest BCUT2D eigenvalue weighted by Crippen LogP contribution is 2.43. The quantitative estimate of drug-likeness (QED) is 0.857. The molecule has 112 valence electrons. The van der Waals surface area contributed by atoms with Crippen molar-refractivity contribution < 1.29 is 18.3 Å². The van der Waals surface area contributed by atoms with Crippen LogP contribution in [0.1, 0.15) is 17.2 Å². The Labute approximate surface area is 135 Å². The third-order valence-corrected chi connectivity index (χ3v) is 5.82. The number of aliphatic hydroxyl groups is 1. The summed E-state index contributed by atoms with van der Waals surface area (Å²) in [7, 11) is -3.47. The second kappa shape index (κ2) is 5.35. The Morgan fingerprint density at radius 3 is 2.91 bits per heavy atom. The topological polar surface area (TPSA) is 100 Å². The average Bonchev–Trinajstić information content (AvgIpc) is 2.72. The van der Waals surface area contributed by atoms with Gasteiger partial charge in [-0.2, -0.15) is 5.26 Å². The van der Waals surface area contributed by atoms with Crippen LogP contribution in [0.4, 0.5) is 0 Å². The maximum atomic E-state index is 11.9. The van der Waals surface area contributed by atoms with Gasteiger partial charge in [-0.1, -0.05) is 0 Å². The summed E-state index contributed by atoms with van der Waals surface area (Å²) in [5.74, 6) is 0.345.